The fraction of sp³-hybridized carbons (Fsp3) is 0.625. The summed E-state index contributed by atoms with van der Waals surface area (Å²) in [5.74, 6) is 1.46. The lowest BCUT2D eigenvalue weighted by atomic mass is 10.1. The third-order valence-electron chi connectivity index (χ3n) is 2.91. The topological polar surface area (TPSA) is 62.9 Å². The van der Waals surface area contributed by atoms with Crippen LogP contribution in [-0.2, 0) is 15.9 Å². The first kappa shape index (κ1) is 17.8. The van der Waals surface area contributed by atoms with Crippen LogP contribution in [0.25, 0.3) is 0 Å². The number of hydrogen-bond acceptors (Lipinski definition) is 5. The lowest BCUT2D eigenvalue weighted by Gasteiger charge is -2.13. The number of ether oxygens (including phenoxy) is 4. The van der Waals surface area contributed by atoms with E-state index >= 15 is 0 Å². The fourth-order valence-electron chi connectivity index (χ4n) is 1.95. The van der Waals surface area contributed by atoms with Crippen LogP contribution in [0, 0.1) is 0 Å². The van der Waals surface area contributed by atoms with Gasteiger partial charge in [0, 0.05) is 26.4 Å². The minimum atomic E-state index is 0.127. The van der Waals surface area contributed by atoms with Gasteiger partial charge in [-0.1, -0.05) is 6.07 Å². The predicted octanol–water partition coefficient (Wildman–Crippen LogP) is 2.02. The fourth-order valence-corrected chi connectivity index (χ4v) is 1.95. The molecule has 0 aliphatic rings. The average Bonchev–Trinajstić information content (AvgIpc) is 2.46. The van der Waals surface area contributed by atoms with Crippen LogP contribution in [0.3, 0.4) is 0 Å². The summed E-state index contributed by atoms with van der Waals surface area (Å²) in [7, 11) is 3.32. The van der Waals surface area contributed by atoms with Crippen molar-refractivity contribution in [3.05, 3.63) is 23.8 Å². The summed E-state index contributed by atoms with van der Waals surface area (Å²) in [6.45, 7) is 4.43. The molecule has 0 heterocycles. The Morgan fingerprint density at radius 3 is 2.52 bits per heavy atom. The highest BCUT2D eigenvalue weighted by molar-refractivity contribution is 5.43. The van der Waals surface area contributed by atoms with Crippen molar-refractivity contribution in [3.63, 3.8) is 0 Å². The second kappa shape index (κ2) is 10.4. The summed E-state index contributed by atoms with van der Waals surface area (Å²) in [5, 5.41) is 0. The second-order valence-corrected chi connectivity index (χ2v) is 4.97. The molecule has 1 rings (SSSR count). The molecule has 0 bridgehead atoms. The second-order valence-electron chi connectivity index (χ2n) is 4.97. The van der Waals surface area contributed by atoms with Gasteiger partial charge in [-0.25, -0.2) is 0 Å². The summed E-state index contributed by atoms with van der Waals surface area (Å²) in [5.41, 5.74) is 6.95. The van der Waals surface area contributed by atoms with Crippen molar-refractivity contribution in [3.8, 4) is 11.5 Å². The number of hydrogen-bond donors (Lipinski definition) is 1. The molecule has 0 saturated heterocycles. The van der Waals surface area contributed by atoms with Gasteiger partial charge in [0.2, 0.25) is 0 Å². The highest BCUT2D eigenvalue weighted by Gasteiger charge is 2.07. The summed E-state index contributed by atoms with van der Waals surface area (Å²) in [4.78, 5) is 0. The molecule has 0 saturated carbocycles. The van der Waals surface area contributed by atoms with Crippen LogP contribution in [0.2, 0.25) is 0 Å². The third kappa shape index (κ3) is 7.32. The predicted molar refractivity (Wildman–Crippen MR) is 83.2 cm³/mol. The maximum Gasteiger partial charge on any atom is 0.161 e. The molecule has 1 aromatic carbocycles. The van der Waals surface area contributed by atoms with Gasteiger partial charge in [0.25, 0.3) is 0 Å². The number of benzene rings is 1. The largest absolute Gasteiger partial charge is 0.493 e. The van der Waals surface area contributed by atoms with Crippen LogP contribution in [0.4, 0.5) is 0 Å². The van der Waals surface area contributed by atoms with E-state index in [0.717, 1.165) is 36.5 Å². The molecule has 0 aliphatic heterocycles. The van der Waals surface area contributed by atoms with Crippen molar-refractivity contribution < 1.29 is 18.9 Å². The SMILES string of the molecule is COCCCOCCOc1ccc(CC(C)N)cc1OC. The molecule has 1 atom stereocenters. The lowest BCUT2D eigenvalue weighted by molar-refractivity contribution is 0.0799. The maximum atomic E-state index is 5.80. The van der Waals surface area contributed by atoms with E-state index in [2.05, 4.69) is 0 Å². The van der Waals surface area contributed by atoms with Gasteiger partial charge in [-0.15, -0.1) is 0 Å². The third-order valence-corrected chi connectivity index (χ3v) is 2.91. The number of nitrogens with two attached hydrogens (primary N) is 1. The number of rotatable bonds is 11. The molecule has 120 valence electrons. The normalized spacial score (nSPS) is 12.2. The monoisotopic (exact) mass is 297 g/mol. The van der Waals surface area contributed by atoms with Gasteiger partial charge >= 0.3 is 0 Å². The summed E-state index contributed by atoms with van der Waals surface area (Å²) >= 11 is 0. The van der Waals surface area contributed by atoms with Crippen LogP contribution in [0.15, 0.2) is 18.2 Å². The Morgan fingerprint density at radius 2 is 1.86 bits per heavy atom. The van der Waals surface area contributed by atoms with E-state index in [1.807, 2.05) is 25.1 Å². The van der Waals surface area contributed by atoms with Crippen LogP contribution in [0.5, 0.6) is 11.5 Å². The Balaban J connectivity index is 2.37. The molecule has 21 heavy (non-hydrogen) atoms. The molecule has 2 N–H and O–H groups in total. The van der Waals surface area contributed by atoms with Crippen molar-refractivity contribution in [2.45, 2.75) is 25.8 Å². The van der Waals surface area contributed by atoms with Gasteiger partial charge in [-0.05, 0) is 37.5 Å². The molecule has 0 radical (unpaired) electrons. The molecule has 0 spiro atoms. The lowest BCUT2D eigenvalue weighted by Crippen LogP contribution is -2.17. The summed E-state index contributed by atoms with van der Waals surface area (Å²) < 4.78 is 21.4. The van der Waals surface area contributed by atoms with Gasteiger partial charge in [0.15, 0.2) is 11.5 Å². The van der Waals surface area contributed by atoms with E-state index in [4.69, 9.17) is 24.7 Å². The van der Waals surface area contributed by atoms with Crippen molar-refractivity contribution in [1.29, 1.82) is 0 Å². The van der Waals surface area contributed by atoms with Crippen molar-refractivity contribution >= 4 is 0 Å². The minimum Gasteiger partial charge on any atom is -0.493 e. The molecule has 5 heteroatoms. The summed E-state index contributed by atoms with van der Waals surface area (Å²) in [6, 6.07) is 6.03. The molecule has 0 aliphatic carbocycles. The van der Waals surface area contributed by atoms with Crippen LogP contribution in [-0.4, -0.2) is 46.7 Å². The van der Waals surface area contributed by atoms with E-state index in [1.165, 1.54) is 0 Å². The highest BCUT2D eigenvalue weighted by atomic mass is 16.5. The van der Waals surface area contributed by atoms with Gasteiger partial charge < -0.3 is 24.7 Å². The zero-order chi connectivity index (χ0) is 15.5. The van der Waals surface area contributed by atoms with E-state index < -0.39 is 0 Å². The first-order valence-corrected chi connectivity index (χ1v) is 7.29. The Bertz CT molecular complexity index is 396. The van der Waals surface area contributed by atoms with E-state index in [9.17, 15) is 0 Å². The van der Waals surface area contributed by atoms with Crippen LogP contribution < -0.4 is 15.2 Å². The van der Waals surface area contributed by atoms with Crippen molar-refractivity contribution in [2.24, 2.45) is 5.73 Å². The molecule has 5 nitrogen and oxygen atoms in total. The molecule has 1 unspecified atom stereocenters. The van der Waals surface area contributed by atoms with Gasteiger partial charge in [0.05, 0.1) is 13.7 Å². The molecular weight excluding hydrogens is 270 g/mol. The van der Waals surface area contributed by atoms with Crippen LogP contribution in [0.1, 0.15) is 18.9 Å². The number of methoxy groups -OCH3 is 2. The van der Waals surface area contributed by atoms with Crippen molar-refractivity contribution in [2.75, 3.05) is 40.6 Å². The molecule has 0 amide bonds. The Labute approximate surface area is 127 Å². The van der Waals surface area contributed by atoms with Gasteiger partial charge in [-0.2, -0.15) is 0 Å². The van der Waals surface area contributed by atoms with E-state index in [1.54, 1.807) is 14.2 Å². The Hall–Kier alpha value is -1.30. The molecular formula is C16H27NO4. The van der Waals surface area contributed by atoms with Crippen LogP contribution >= 0.6 is 0 Å². The summed E-state index contributed by atoms with van der Waals surface area (Å²) in [6.07, 6.45) is 1.71. The zero-order valence-corrected chi connectivity index (χ0v) is 13.3. The first-order valence-electron chi connectivity index (χ1n) is 7.29. The van der Waals surface area contributed by atoms with E-state index in [0.29, 0.717) is 19.8 Å². The van der Waals surface area contributed by atoms with Gasteiger partial charge in [0.1, 0.15) is 6.61 Å². The molecule has 0 fully saturated rings. The highest BCUT2D eigenvalue weighted by Crippen LogP contribution is 2.28. The molecule has 0 aromatic heterocycles. The Morgan fingerprint density at radius 1 is 1.05 bits per heavy atom. The minimum absolute atomic E-state index is 0.127. The Kier molecular flexibility index (Phi) is 8.82. The first-order chi connectivity index (χ1) is 10.2. The molecule has 1 aromatic rings. The maximum absolute atomic E-state index is 5.80. The standard InChI is InChI=1S/C16H27NO4/c1-13(17)11-14-5-6-15(16(12-14)19-3)21-10-9-20-8-4-7-18-2/h5-6,12-13H,4,7-11,17H2,1-3H3. The van der Waals surface area contributed by atoms with Crippen molar-refractivity contribution in [1.82, 2.24) is 0 Å². The van der Waals surface area contributed by atoms with E-state index in [-0.39, 0.29) is 6.04 Å². The average molecular weight is 297 g/mol. The smallest absolute Gasteiger partial charge is 0.161 e. The zero-order valence-electron chi connectivity index (χ0n) is 13.3. The quantitative estimate of drug-likeness (QED) is 0.633. The van der Waals surface area contributed by atoms with Gasteiger partial charge in [-0.3, -0.25) is 0 Å².